The number of aromatic nitrogens is 1. The van der Waals surface area contributed by atoms with Crippen molar-refractivity contribution in [3.8, 4) is 11.1 Å². The largest absolute Gasteiger partial charge is 0.443 e. The van der Waals surface area contributed by atoms with Gasteiger partial charge in [0.15, 0.2) is 0 Å². The molecular weight excluding hydrogens is 362 g/mol. The molecule has 3 aromatic rings. The number of carbonyl (C=O) groups is 1. The van der Waals surface area contributed by atoms with Crippen molar-refractivity contribution < 1.29 is 27.1 Å². The van der Waals surface area contributed by atoms with Crippen molar-refractivity contribution in [1.29, 1.82) is 0 Å². The summed E-state index contributed by atoms with van der Waals surface area (Å²) in [4.78, 5) is 12.2. The van der Waals surface area contributed by atoms with Crippen LogP contribution >= 0.6 is 0 Å². The highest BCUT2D eigenvalue weighted by molar-refractivity contribution is 5.91. The summed E-state index contributed by atoms with van der Waals surface area (Å²) in [6, 6.07) is 7.21. The fraction of sp³-hybridized carbons (Fsp3) is 0.250. The maximum atomic E-state index is 14.2. The number of hydrogen-bond donors (Lipinski definition) is 0. The maximum absolute atomic E-state index is 14.2. The Labute approximate surface area is 153 Å². The number of alkyl halides is 3. The number of carbonyl (C=O) groups excluding carboxylic acids is 1. The highest BCUT2D eigenvalue weighted by Gasteiger charge is 2.35. The van der Waals surface area contributed by atoms with E-state index in [4.69, 9.17) is 4.74 Å². The van der Waals surface area contributed by atoms with Gasteiger partial charge in [0, 0.05) is 28.7 Å². The van der Waals surface area contributed by atoms with E-state index in [1.54, 1.807) is 20.8 Å². The van der Waals surface area contributed by atoms with Crippen LogP contribution in [0.3, 0.4) is 0 Å². The van der Waals surface area contributed by atoms with Gasteiger partial charge in [-0.25, -0.2) is 9.18 Å². The van der Waals surface area contributed by atoms with Crippen LogP contribution in [0.25, 0.3) is 21.9 Å². The van der Waals surface area contributed by atoms with Crippen molar-refractivity contribution in [1.82, 2.24) is 4.57 Å². The van der Waals surface area contributed by atoms with E-state index in [0.717, 1.165) is 18.2 Å². The van der Waals surface area contributed by atoms with E-state index in [0.29, 0.717) is 10.8 Å². The van der Waals surface area contributed by atoms with Gasteiger partial charge < -0.3 is 4.74 Å². The van der Waals surface area contributed by atoms with E-state index in [2.05, 4.69) is 0 Å². The van der Waals surface area contributed by atoms with Crippen LogP contribution in [0.1, 0.15) is 26.3 Å². The first-order valence-corrected chi connectivity index (χ1v) is 8.17. The summed E-state index contributed by atoms with van der Waals surface area (Å²) in [5.41, 5.74) is -2.17. The molecule has 0 amide bonds. The number of ether oxygens (including phenoxy) is 1. The predicted octanol–water partition coefficient (Wildman–Crippen LogP) is 6.25. The fourth-order valence-electron chi connectivity index (χ4n) is 2.77. The van der Waals surface area contributed by atoms with Crippen molar-refractivity contribution in [3.05, 3.63) is 60.2 Å². The summed E-state index contributed by atoms with van der Waals surface area (Å²) in [7, 11) is 0. The van der Waals surface area contributed by atoms with E-state index in [1.165, 1.54) is 35.2 Å². The van der Waals surface area contributed by atoms with Gasteiger partial charge in [0.2, 0.25) is 0 Å². The highest BCUT2D eigenvalue weighted by atomic mass is 19.4. The Bertz CT molecular complexity index is 1010. The number of benzene rings is 2. The average molecular weight is 379 g/mol. The van der Waals surface area contributed by atoms with Crippen LogP contribution < -0.4 is 0 Å². The standard InChI is InChI=1S/C20H17F4NO2/c1-19(2,3)27-18(26)25-10-13-8-7-12(9-14(13)11-25)17-15(20(22,23)24)5-4-6-16(17)21/h4-11H,1-3H3. The number of rotatable bonds is 1. The average Bonchev–Trinajstić information content (AvgIpc) is 2.95. The molecule has 142 valence electrons. The van der Waals surface area contributed by atoms with Gasteiger partial charge in [-0.15, -0.1) is 0 Å². The van der Waals surface area contributed by atoms with Gasteiger partial charge in [0.25, 0.3) is 0 Å². The summed E-state index contributed by atoms with van der Waals surface area (Å²) in [6.07, 6.45) is -2.34. The van der Waals surface area contributed by atoms with E-state index in [1.807, 2.05) is 0 Å². The Morgan fingerprint density at radius 2 is 1.67 bits per heavy atom. The zero-order valence-corrected chi connectivity index (χ0v) is 14.9. The third-order valence-electron chi connectivity index (χ3n) is 3.86. The third kappa shape index (κ3) is 3.97. The van der Waals surface area contributed by atoms with Crippen LogP contribution in [0, 0.1) is 5.82 Å². The number of halogens is 4. The van der Waals surface area contributed by atoms with Crippen molar-refractivity contribution in [2.24, 2.45) is 0 Å². The molecule has 0 fully saturated rings. The van der Waals surface area contributed by atoms with Gasteiger partial charge >= 0.3 is 12.3 Å². The molecule has 0 bridgehead atoms. The van der Waals surface area contributed by atoms with Crippen LogP contribution in [-0.2, 0) is 10.9 Å². The predicted molar refractivity (Wildman–Crippen MR) is 94.0 cm³/mol. The van der Waals surface area contributed by atoms with E-state index < -0.39 is 34.8 Å². The zero-order chi connectivity index (χ0) is 20.0. The monoisotopic (exact) mass is 379 g/mol. The van der Waals surface area contributed by atoms with E-state index >= 15 is 0 Å². The van der Waals surface area contributed by atoms with Crippen LogP contribution in [0.4, 0.5) is 22.4 Å². The zero-order valence-electron chi connectivity index (χ0n) is 14.9. The van der Waals surface area contributed by atoms with Crippen molar-refractivity contribution in [2.45, 2.75) is 32.5 Å². The molecule has 0 saturated carbocycles. The van der Waals surface area contributed by atoms with Gasteiger partial charge in [-0.3, -0.25) is 4.57 Å². The molecular formula is C20H17F4NO2. The summed E-state index contributed by atoms with van der Waals surface area (Å²) in [5, 5.41) is 1.12. The van der Waals surface area contributed by atoms with Crippen molar-refractivity contribution in [2.75, 3.05) is 0 Å². The van der Waals surface area contributed by atoms with Crippen LogP contribution in [-0.4, -0.2) is 16.3 Å². The molecule has 0 aliphatic rings. The van der Waals surface area contributed by atoms with E-state index in [9.17, 15) is 22.4 Å². The number of fused-ring (bicyclic) bond motifs is 1. The first-order chi connectivity index (χ1) is 12.5. The summed E-state index contributed by atoms with van der Waals surface area (Å²) >= 11 is 0. The molecule has 7 heteroatoms. The topological polar surface area (TPSA) is 31.2 Å². The Morgan fingerprint density at radius 3 is 2.30 bits per heavy atom. The fourth-order valence-corrected chi connectivity index (χ4v) is 2.77. The number of nitrogens with zero attached hydrogens (tertiary/aromatic N) is 1. The molecule has 3 nitrogen and oxygen atoms in total. The smallest absolute Gasteiger partial charge is 0.418 e. The van der Waals surface area contributed by atoms with Gasteiger partial charge in [-0.05, 0) is 44.5 Å². The summed E-state index contributed by atoms with van der Waals surface area (Å²) in [6.45, 7) is 5.18. The molecule has 1 heterocycles. The van der Waals surface area contributed by atoms with Gasteiger partial charge in [0.1, 0.15) is 11.4 Å². The Balaban J connectivity index is 2.08. The molecule has 3 rings (SSSR count). The molecule has 0 radical (unpaired) electrons. The molecule has 0 N–H and O–H groups in total. The normalized spacial score (nSPS) is 12.4. The molecule has 2 aromatic carbocycles. The Kier molecular flexibility index (Phi) is 4.49. The molecule has 1 aromatic heterocycles. The number of hydrogen-bond acceptors (Lipinski definition) is 2. The lowest BCUT2D eigenvalue weighted by atomic mass is 9.97. The van der Waals surface area contributed by atoms with Crippen LogP contribution in [0.2, 0.25) is 0 Å². The van der Waals surface area contributed by atoms with Crippen molar-refractivity contribution in [3.63, 3.8) is 0 Å². The lowest BCUT2D eigenvalue weighted by Gasteiger charge is -2.19. The molecule has 0 aliphatic heterocycles. The molecule has 0 aliphatic carbocycles. The lowest BCUT2D eigenvalue weighted by Crippen LogP contribution is -2.26. The molecule has 0 spiro atoms. The minimum Gasteiger partial charge on any atom is -0.443 e. The highest BCUT2D eigenvalue weighted by Crippen LogP contribution is 2.39. The Hall–Kier alpha value is -2.83. The first-order valence-electron chi connectivity index (χ1n) is 8.17. The van der Waals surface area contributed by atoms with E-state index in [-0.39, 0.29) is 5.56 Å². The second kappa shape index (κ2) is 6.40. The summed E-state index contributed by atoms with van der Waals surface area (Å²) < 4.78 is 60.5. The molecule has 0 saturated heterocycles. The SMILES string of the molecule is CC(C)(C)OC(=O)n1cc2ccc(-c3c(F)cccc3C(F)(F)F)cc2c1. The summed E-state index contributed by atoms with van der Waals surface area (Å²) in [5.74, 6) is -0.962. The minimum atomic E-state index is -4.69. The Morgan fingerprint density at radius 1 is 1.00 bits per heavy atom. The quantitative estimate of drug-likeness (QED) is 0.468. The minimum absolute atomic E-state index is 0.0786. The molecule has 0 atom stereocenters. The maximum Gasteiger partial charge on any atom is 0.418 e. The second-order valence-electron chi connectivity index (χ2n) is 7.15. The van der Waals surface area contributed by atoms with Gasteiger partial charge in [-0.2, -0.15) is 13.2 Å². The van der Waals surface area contributed by atoms with Gasteiger partial charge in [-0.1, -0.05) is 18.2 Å². The third-order valence-corrected chi connectivity index (χ3v) is 3.86. The van der Waals surface area contributed by atoms with Gasteiger partial charge in [0.05, 0.1) is 5.56 Å². The van der Waals surface area contributed by atoms with Crippen LogP contribution in [0.15, 0.2) is 48.8 Å². The molecule has 27 heavy (non-hydrogen) atoms. The first kappa shape index (κ1) is 18.9. The van der Waals surface area contributed by atoms with Crippen molar-refractivity contribution >= 4 is 16.9 Å². The second-order valence-corrected chi connectivity index (χ2v) is 7.15. The lowest BCUT2D eigenvalue weighted by molar-refractivity contribution is -0.137. The molecule has 0 unspecified atom stereocenters. The van der Waals surface area contributed by atoms with Crippen LogP contribution in [0.5, 0.6) is 0 Å².